The topological polar surface area (TPSA) is 60.5 Å². The van der Waals surface area contributed by atoms with Crippen LogP contribution >= 0.6 is 11.3 Å². The molecule has 18 heavy (non-hydrogen) atoms. The number of thiazole rings is 1. The molecular formula is C12H20N2O3S. The molecule has 1 aromatic rings. The van der Waals surface area contributed by atoms with E-state index in [1.165, 1.54) is 11.3 Å². The van der Waals surface area contributed by atoms with Crippen molar-refractivity contribution >= 4 is 22.4 Å². The summed E-state index contributed by atoms with van der Waals surface area (Å²) < 4.78 is 9.91. The van der Waals surface area contributed by atoms with E-state index >= 15 is 0 Å². The van der Waals surface area contributed by atoms with Crippen LogP contribution in [-0.2, 0) is 9.47 Å². The van der Waals surface area contributed by atoms with E-state index in [4.69, 9.17) is 9.47 Å². The van der Waals surface area contributed by atoms with Crippen molar-refractivity contribution in [2.75, 3.05) is 32.2 Å². The molecule has 0 spiro atoms. The predicted molar refractivity (Wildman–Crippen MR) is 72.4 cm³/mol. The number of methoxy groups -OCH3 is 1. The highest BCUT2D eigenvalue weighted by Gasteiger charge is 2.15. The summed E-state index contributed by atoms with van der Waals surface area (Å²) in [4.78, 5) is 16.7. The molecule has 0 bridgehead atoms. The standard InChI is InChI=1S/C12H20N2O3S/c1-4-17-11(15)10-9(2)18-12(14-10)13-7-5-6-8-16-3/h4-8H2,1-3H3,(H,13,14). The average Bonchev–Trinajstić information content (AvgIpc) is 2.71. The van der Waals surface area contributed by atoms with Crippen LogP contribution in [0.5, 0.6) is 0 Å². The number of aryl methyl sites for hydroxylation is 1. The summed E-state index contributed by atoms with van der Waals surface area (Å²) in [5.74, 6) is -0.348. The van der Waals surface area contributed by atoms with Gasteiger partial charge in [-0.3, -0.25) is 0 Å². The van der Waals surface area contributed by atoms with E-state index in [2.05, 4.69) is 10.3 Å². The second-order valence-electron chi connectivity index (χ2n) is 3.77. The smallest absolute Gasteiger partial charge is 0.358 e. The van der Waals surface area contributed by atoms with Gasteiger partial charge in [-0.1, -0.05) is 0 Å². The zero-order chi connectivity index (χ0) is 13.4. The van der Waals surface area contributed by atoms with E-state index < -0.39 is 0 Å². The highest BCUT2D eigenvalue weighted by Crippen LogP contribution is 2.22. The van der Waals surface area contributed by atoms with Gasteiger partial charge in [0.05, 0.1) is 6.61 Å². The normalized spacial score (nSPS) is 10.4. The van der Waals surface area contributed by atoms with Crippen molar-refractivity contribution in [3.8, 4) is 0 Å². The Kier molecular flexibility index (Phi) is 6.67. The fraction of sp³-hybridized carbons (Fsp3) is 0.667. The zero-order valence-corrected chi connectivity index (χ0v) is 11.9. The number of rotatable bonds is 8. The van der Waals surface area contributed by atoms with Crippen LogP contribution in [0.4, 0.5) is 5.13 Å². The number of hydrogen-bond acceptors (Lipinski definition) is 6. The van der Waals surface area contributed by atoms with Gasteiger partial charge in [0.25, 0.3) is 0 Å². The first-order valence-electron chi connectivity index (χ1n) is 6.06. The molecule has 0 aliphatic heterocycles. The Morgan fingerprint density at radius 3 is 2.89 bits per heavy atom. The van der Waals surface area contributed by atoms with Crippen molar-refractivity contribution in [3.05, 3.63) is 10.6 Å². The fourth-order valence-corrected chi connectivity index (χ4v) is 2.25. The van der Waals surface area contributed by atoms with Gasteiger partial charge in [0.1, 0.15) is 0 Å². The molecule has 0 aliphatic carbocycles. The number of carbonyl (C=O) groups is 1. The first-order valence-corrected chi connectivity index (χ1v) is 6.88. The molecule has 1 rings (SSSR count). The highest BCUT2D eigenvalue weighted by atomic mass is 32.1. The third-order valence-corrected chi connectivity index (χ3v) is 3.25. The minimum atomic E-state index is -0.348. The minimum Gasteiger partial charge on any atom is -0.461 e. The molecule has 102 valence electrons. The van der Waals surface area contributed by atoms with Crippen LogP contribution in [0.2, 0.25) is 0 Å². The van der Waals surface area contributed by atoms with Gasteiger partial charge in [0.2, 0.25) is 0 Å². The van der Waals surface area contributed by atoms with E-state index in [9.17, 15) is 4.79 Å². The van der Waals surface area contributed by atoms with Gasteiger partial charge in [-0.2, -0.15) is 0 Å². The quantitative estimate of drug-likeness (QED) is 0.582. The SMILES string of the molecule is CCOC(=O)c1nc(NCCCCOC)sc1C. The molecule has 1 heterocycles. The Morgan fingerprint density at radius 1 is 1.44 bits per heavy atom. The lowest BCUT2D eigenvalue weighted by atomic mass is 10.3. The number of aromatic nitrogens is 1. The Labute approximate surface area is 112 Å². The zero-order valence-electron chi connectivity index (χ0n) is 11.1. The van der Waals surface area contributed by atoms with Crippen molar-refractivity contribution < 1.29 is 14.3 Å². The summed E-state index contributed by atoms with van der Waals surface area (Å²) in [5.41, 5.74) is 0.418. The first-order chi connectivity index (χ1) is 8.69. The van der Waals surface area contributed by atoms with Gasteiger partial charge in [-0.25, -0.2) is 9.78 Å². The highest BCUT2D eigenvalue weighted by molar-refractivity contribution is 7.15. The Bertz CT molecular complexity index is 379. The van der Waals surface area contributed by atoms with Crippen LogP contribution in [-0.4, -0.2) is 37.8 Å². The minimum absolute atomic E-state index is 0.348. The number of anilines is 1. The summed E-state index contributed by atoms with van der Waals surface area (Å²) in [6, 6.07) is 0. The second kappa shape index (κ2) is 8.05. The van der Waals surface area contributed by atoms with Gasteiger partial charge in [-0.15, -0.1) is 11.3 Å². The molecule has 0 saturated carbocycles. The maximum atomic E-state index is 11.6. The van der Waals surface area contributed by atoms with Crippen LogP contribution in [0, 0.1) is 6.92 Å². The summed E-state index contributed by atoms with van der Waals surface area (Å²) >= 11 is 1.48. The second-order valence-corrected chi connectivity index (χ2v) is 4.97. The lowest BCUT2D eigenvalue weighted by molar-refractivity contribution is 0.0519. The summed E-state index contributed by atoms with van der Waals surface area (Å²) in [6.45, 7) is 5.63. The summed E-state index contributed by atoms with van der Waals surface area (Å²) in [5, 5.41) is 3.98. The van der Waals surface area contributed by atoms with Crippen LogP contribution in [0.1, 0.15) is 35.1 Å². The van der Waals surface area contributed by atoms with Crippen LogP contribution in [0.3, 0.4) is 0 Å². The van der Waals surface area contributed by atoms with Gasteiger partial charge in [0, 0.05) is 25.1 Å². The van der Waals surface area contributed by atoms with E-state index in [0.29, 0.717) is 12.3 Å². The van der Waals surface area contributed by atoms with Gasteiger partial charge in [0.15, 0.2) is 10.8 Å². The molecule has 0 unspecified atom stereocenters. The molecule has 1 N–H and O–H groups in total. The molecule has 0 aromatic carbocycles. The monoisotopic (exact) mass is 272 g/mol. The Balaban J connectivity index is 2.43. The predicted octanol–water partition coefficient (Wildman–Crippen LogP) is 2.47. The van der Waals surface area contributed by atoms with Crippen molar-refractivity contribution in [2.24, 2.45) is 0 Å². The maximum absolute atomic E-state index is 11.6. The number of carbonyl (C=O) groups excluding carboxylic acids is 1. The molecule has 0 amide bonds. The van der Waals surface area contributed by atoms with Gasteiger partial charge >= 0.3 is 5.97 Å². The van der Waals surface area contributed by atoms with Crippen LogP contribution in [0.15, 0.2) is 0 Å². The molecule has 0 atom stereocenters. The lowest BCUT2D eigenvalue weighted by Crippen LogP contribution is -2.07. The van der Waals surface area contributed by atoms with E-state index in [1.54, 1.807) is 14.0 Å². The van der Waals surface area contributed by atoms with E-state index in [-0.39, 0.29) is 5.97 Å². The number of unbranched alkanes of at least 4 members (excludes halogenated alkanes) is 1. The van der Waals surface area contributed by atoms with Crippen molar-refractivity contribution in [2.45, 2.75) is 26.7 Å². The number of ether oxygens (including phenoxy) is 2. The number of hydrogen-bond donors (Lipinski definition) is 1. The first kappa shape index (κ1) is 14.9. The van der Waals surface area contributed by atoms with Gasteiger partial charge in [-0.05, 0) is 26.7 Å². The van der Waals surface area contributed by atoms with Crippen molar-refractivity contribution in [3.63, 3.8) is 0 Å². The third kappa shape index (κ3) is 4.62. The summed E-state index contributed by atoms with van der Waals surface area (Å²) in [6.07, 6.45) is 2.03. The molecule has 0 saturated heterocycles. The molecule has 1 aromatic heterocycles. The van der Waals surface area contributed by atoms with Crippen molar-refractivity contribution in [1.82, 2.24) is 4.98 Å². The maximum Gasteiger partial charge on any atom is 0.358 e. The van der Waals surface area contributed by atoms with Crippen molar-refractivity contribution in [1.29, 1.82) is 0 Å². The largest absolute Gasteiger partial charge is 0.461 e. The van der Waals surface area contributed by atoms with Gasteiger partial charge < -0.3 is 14.8 Å². The van der Waals surface area contributed by atoms with E-state index in [0.717, 1.165) is 36.0 Å². The van der Waals surface area contributed by atoms with E-state index in [1.807, 2.05) is 6.92 Å². The molecular weight excluding hydrogens is 252 g/mol. The molecule has 0 aliphatic rings. The van der Waals surface area contributed by atoms with Crippen LogP contribution in [0.25, 0.3) is 0 Å². The molecule has 5 nitrogen and oxygen atoms in total. The third-order valence-electron chi connectivity index (χ3n) is 2.32. The van der Waals surface area contributed by atoms with Crippen LogP contribution < -0.4 is 5.32 Å². The number of nitrogens with one attached hydrogen (secondary N) is 1. The summed E-state index contributed by atoms with van der Waals surface area (Å²) in [7, 11) is 1.70. The lowest BCUT2D eigenvalue weighted by Gasteiger charge is -2.01. The Hall–Kier alpha value is -1.14. The fourth-order valence-electron chi connectivity index (χ4n) is 1.43. The number of esters is 1. The molecule has 0 radical (unpaired) electrons. The number of nitrogens with zero attached hydrogens (tertiary/aromatic N) is 1. The average molecular weight is 272 g/mol. The molecule has 0 fully saturated rings. The Morgan fingerprint density at radius 2 is 2.22 bits per heavy atom. The molecule has 6 heteroatoms.